The van der Waals surface area contributed by atoms with Crippen molar-refractivity contribution in [3.63, 3.8) is 0 Å². The Bertz CT molecular complexity index is 316. The van der Waals surface area contributed by atoms with Gasteiger partial charge in [-0.15, -0.1) is 0 Å². The number of aryl methyl sites for hydroxylation is 1. The summed E-state index contributed by atoms with van der Waals surface area (Å²) in [6.45, 7) is 3.00. The molecule has 4 heteroatoms. The molecule has 0 aliphatic carbocycles. The van der Waals surface area contributed by atoms with Crippen molar-refractivity contribution < 1.29 is 4.42 Å². The fraction of sp³-hybridized carbons (Fsp3) is 0.750. The van der Waals surface area contributed by atoms with Gasteiger partial charge in [-0.1, -0.05) is 0 Å². The summed E-state index contributed by atoms with van der Waals surface area (Å²) in [6.07, 6.45) is 6.07. The highest BCUT2D eigenvalue weighted by molar-refractivity contribution is 5.00. The van der Waals surface area contributed by atoms with Crippen LogP contribution in [0.4, 0.5) is 0 Å². The summed E-state index contributed by atoms with van der Waals surface area (Å²) < 4.78 is 5.78. The number of piperidine rings is 1. The third-order valence-corrected chi connectivity index (χ3v) is 3.27. The average Bonchev–Trinajstić information content (AvgIpc) is 2.76. The number of oxazole rings is 1. The van der Waals surface area contributed by atoms with Gasteiger partial charge in [0.1, 0.15) is 5.76 Å². The number of nitrogens with zero attached hydrogens (tertiary/aromatic N) is 2. The molecule has 1 aliphatic rings. The number of likely N-dealkylation sites (tertiary alicyclic amines) is 1. The summed E-state index contributed by atoms with van der Waals surface area (Å²) in [7, 11) is 2.17. The van der Waals surface area contributed by atoms with Crippen molar-refractivity contribution in [2.45, 2.75) is 31.6 Å². The van der Waals surface area contributed by atoms with E-state index in [4.69, 9.17) is 10.2 Å². The lowest BCUT2D eigenvalue weighted by molar-refractivity contribution is 0.235. The van der Waals surface area contributed by atoms with Gasteiger partial charge in [0, 0.05) is 12.3 Å². The van der Waals surface area contributed by atoms with Crippen LogP contribution in [0.5, 0.6) is 0 Å². The normalized spacial score (nSPS) is 19.1. The van der Waals surface area contributed by atoms with E-state index < -0.39 is 0 Å². The standard InChI is InChI=1S/C12H21N3O/c1-15-7-4-10(5-8-15)12-14-9-11(16-12)3-2-6-13/h9-10H,2-8,13H2,1H3. The molecule has 1 saturated heterocycles. The molecule has 4 nitrogen and oxygen atoms in total. The maximum absolute atomic E-state index is 5.78. The second-order valence-corrected chi connectivity index (χ2v) is 4.63. The van der Waals surface area contributed by atoms with Gasteiger partial charge in [-0.05, 0) is 45.9 Å². The van der Waals surface area contributed by atoms with Gasteiger partial charge in [-0.2, -0.15) is 0 Å². The van der Waals surface area contributed by atoms with Crippen molar-refractivity contribution in [1.29, 1.82) is 0 Å². The first-order valence-corrected chi connectivity index (χ1v) is 6.13. The first-order valence-electron chi connectivity index (χ1n) is 6.13. The minimum atomic E-state index is 0.517. The highest BCUT2D eigenvalue weighted by Gasteiger charge is 2.22. The lowest BCUT2D eigenvalue weighted by Gasteiger charge is -2.26. The van der Waals surface area contributed by atoms with E-state index in [1.165, 1.54) is 0 Å². The Balaban J connectivity index is 1.91. The molecule has 2 heterocycles. The lowest BCUT2D eigenvalue weighted by atomic mass is 9.97. The zero-order chi connectivity index (χ0) is 11.4. The summed E-state index contributed by atoms with van der Waals surface area (Å²) >= 11 is 0. The van der Waals surface area contributed by atoms with Crippen molar-refractivity contribution in [3.8, 4) is 0 Å². The second-order valence-electron chi connectivity index (χ2n) is 4.63. The monoisotopic (exact) mass is 223 g/mol. The van der Waals surface area contributed by atoms with Crippen LogP contribution in [0.1, 0.15) is 36.8 Å². The highest BCUT2D eigenvalue weighted by atomic mass is 16.4. The number of aromatic nitrogens is 1. The summed E-state index contributed by atoms with van der Waals surface area (Å²) in [4.78, 5) is 6.75. The molecule has 1 fully saturated rings. The maximum Gasteiger partial charge on any atom is 0.197 e. The SMILES string of the molecule is CN1CCC(c2ncc(CCCN)o2)CC1. The van der Waals surface area contributed by atoms with Crippen LogP contribution in [0.15, 0.2) is 10.6 Å². The van der Waals surface area contributed by atoms with E-state index in [-0.39, 0.29) is 0 Å². The molecule has 0 spiro atoms. The van der Waals surface area contributed by atoms with E-state index >= 15 is 0 Å². The lowest BCUT2D eigenvalue weighted by Crippen LogP contribution is -2.29. The van der Waals surface area contributed by atoms with Crippen LogP contribution in [0.3, 0.4) is 0 Å². The smallest absolute Gasteiger partial charge is 0.197 e. The predicted molar refractivity (Wildman–Crippen MR) is 63.4 cm³/mol. The van der Waals surface area contributed by atoms with E-state index in [9.17, 15) is 0 Å². The fourth-order valence-electron chi connectivity index (χ4n) is 2.16. The Labute approximate surface area is 96.8 Å². The molecule has 0 saturated carbocycles. The van der Waals surface area contributed by atoms with Crippen LogP contribution in [0.25, 0.3) is 0 Å². The van der Waals surface area contributed by atoms with Gasteiger partial charge in [0.2, 0.25) is 0 Å². The molecular formula is C12H21N3O. The Morgan fingerprint density at radius 3 is 2.94 bits per heavy atom. The zero-order valence-corrected chi connectivity index (χ0v) is 9.98. The Hall–Kier alpha value is -0.870. The molecule has 1 aromatic rings. The maximum atomic E-state index is 5.78. The first-order chi connectivity index (χ1) is 7.79. The molecule has 1 aliphatic heterocycles. The molecule has 90 valence electrons. The number of hydrogen-bond donors (Lipinski definition) is 1. The largest absolute Gasteiger partial charge is 0.445 e. The molecule has 0 amide bonds. The fourth-order valence-corrected chi connectivity index (χ4v) is 2.16. The minimum absolute atomic E-state index is 0.517. The molecule has 0 unspecified atom stereocenters. The van der Waals surface area contributed by atoms with Crippen LogP contribution >= 0.6 is 0 Å². The zero-order valence-electron chi connectivity index (χ0n) is 9.98. The molecule has 2 N–H and O–H groups in total. The first kappa shape index (κ1) is 11.6. The van der Waals surface area contributed by atoms with E-state index in [1.807, 2.05) is 6.20 Å². The quantitative estimate of drug-likeness (QED) is 0.837. The van der Waals surface area contributed by atoms with Crippen LogP contribution < -0.4 is 5.73 Å². The topological polar surface area (TPSA) is 55.3 Å². The summed E-state index contributed by atoms with van der Waals surface area (Å²) in [5, 5.41) is 0. The van der Waals surface area contributed by atoms with Crippen LogP contribution in [-0.4, -0.2) is 36.6 Å². The molecule has 0 aromatic carbocycles. The van der Waals surface area contributed by atoms with Crippen molar-refractivity contribution in [1.82, 2.24) is 9.88 Å². The number of rotatable bonds is 4. The Kier molecular flexibility index (Phi) is 3.96. The molecule has 0 radical (unpaired) electrons. The highest BCUT2D eigenvalue weighted by Crippen LogP contribution is 2.27. The summed E-state index contributed by atoms with van der Waals surface area (Å²) in [5.74, 6) is 2.43. The number of nitrogens with two attached hydrogens (primary N) is 1. The summed E-state index contributed by atoms with van der Waals surface area (Å²) in [5.41, 5.74) is 5.47. The second kappa shape index (κ2) is 5.46. The van der Waals surface area contributed by atoms with Gasteiger partial charge in [-0.25, -0.2) is 4.98 Å². The molecule has 16 heavy (non-hydrogen) atoms. The van der Waals surface area contributed by atoms with Crippen LogP contribution in [0, 0.1) is 0 Å². The van der Waals surface area contributed by atoms with E-state index in [0.717, 1.165) is 50.4 Å². The third-order valence-electron chi connectivity index (χ3n) is 3.27. The molecule has 1 aromatic heterocycles. The molecule has 0 atom stereocenters. The van der Waals surface area contributed by atoms with Crippen molar-refractivity contribution in [2.75, 3.05) is 26.7 Å². The number of hydrogen-bond acceptors (Lipinski definition) is 4. The van der Waals surface area contributed by atoms with Crippen molar-refractivity contribution >= 4 is 0 Å². The van der Waals surface area contributed by atoms with E-state index in [2.05, 4.69) is 16.9 Å². The Morgan fingerprint density at radius 1 is 1.50 bits per heavy atom. The van der Waals surface area contributed by atoms with Gasteiger partial charge >= 0.3 is 0 Å². The van der Waals surface area contributed by atoms with Crippen molar-refractivity contribution in [2.24, 2.45) is 5.73 Å². The molecule has 2 rings (SSSR count). The van der Waals surface area contributed by atoms with E-state index in [1.54, 1.807) is 0 Å². The van der Waals surface area contributed by atoms with Crippen LogP contribution in [0.2, 0.25) is 0 Å². The third kappa shape index (κ3) is 2.83. The van der Waals surface area contributed by atoms with E-state index in [0.29, 0.717) is 12.5 Å². The van der Waals surface area contributed by atoms with Gasteiger partial charge in [0.05, 0.1) is 6.20 Å². The molecule has 0 bridgehead atoms. The van der Waals surface area contributed by atoms with Gasteiger partial charge in [0.15, 0.2) is 5.89 Å². The van der Waals surface area contributed by atoms with Gasteiger partial charge in [-0.3, -0.25) is 0 Å². The predicted octanol–water partition coefficient (Wildman–Crippen LogP) is 1.38. The van der Waals surface area contributed by atoms with Crippen molar-refractivity contribution in [3.05, 3.63) is 17.8 Å². The van der Waals surface area contributed by atoms with Gasteiger partial charge in [0.25, 0.3) is 0 Å². The van der Waals surface area contributed by atoms with Gasteiger partial charge < -0.3 is 15.1 Å². The summed E-state index contributed by atoms with van der Waals surface area (Å²) in [6, 6.07) is 0. The minimum Gasteiger partial charge on any atom is -0.445 e. The average molecular weight is 223 g/mol. The Morgan fingerprint density at radius 2 is 2.25 bits per heavy atom. The molecular weight excluding hydrogens is 202 g/mol. The van der Waals surface area contributed by atoms with Crippen LogP contribution in [-0.2, 0) is 6.42 Å².